The lowest BCUT2D eigenvalue weighted by Crippen LogP contribution is -2.29. The van der Waals surface area contributed by atoms with Crippen LogP contribution in [0.4, 0.5) is 5.82 Å². The van der Waals surface area contributed by atoms with Gasteiger partial charge in [0.15, 0.2) is 0 Å². The fourth-order valence-corrected chi connectivity index (χ4v) is 4.65. The maximum atomic E-state index is 4.76. The minimum absolute atomic E-state index is 1.05. The Hall–Kier alpha value is -3.14. The molecular formula is C26H28N4. The number of nitrogens with one attached hydrogen (secondary N) is 1. The van der Waals surface area contributed by atoms with Crippen LogP contribution >= 0.6 is 0 Å². The fourth-order valence-electron chi connectivity index (χ4n) is 4.65. The summed E-state index contributed by atoms with van der Waals surface area (Å²) in [4.78, 5) is 15.3. The molecule has 4 heterocycles. The number of rotatable bonds is 3. The van der Waals surface area contributed by atoms with Crippen molar-refractivity contribution in [2.75, 3.05) is 18.0 Å². The third-order valence-electron chi connectivity index (χ3n) is 6.19. The van der Waals surface area contributed by atoms with Crippen molar-refractivity contribution >= 4 is 16.7 Å². The molecule has 1 aliphatic rings. The van der Waals surface area contributed by atoms with Crippen molar-refractivity contribution in [2.45, 2.75) is 40.0 Å². The molecule has 0 atom stereocenters. The van der Waals surface area contributed by atoms with E-state index in [0.717, 1.165) is 41.4 Å². The first-order valence-corrected chi connectivity index (χ1v) is 10.9. The lowest BCUT2D eigenvalue weighted by molar-refractivity contribution is 0.573. The van der Waals surface area contributed by atoms with Gasteiger partial charge in [0.05, 0.1) is 0 Å². The van der Waals surface area contributed by atoms with Crippen LogP contribution in [0, 0.1) is 20.8 Å². The lowest BCUT2D eigenvalue weighted by atomic mass is 10.0. The maximum absolute atomic E-state index is 4.76. The molecule has 0 radical (unpaired) electrons. The van der Waals surface area contributed by atoms with E-state index in [9.17, 15) is 0 Å². The molecule has 4 heteroatoms. The summed E-state index contributed by atoms with van der Waals surface area (Å²) < 4.78 is 0. The highest BCUT2D eigenvalue weighted by Gasteiger charge is 2.14. The number of aryl methyl sites for hydroxylation is 3. The van der Waals surface area contributed by atoms with Gasteiger partial charge in [-0.2, -0.15) is 0 Å². The van der Waals surface area contributed by atoms with Gasteiger partial charge in [-0.3, -0.25) is 4.98 Å². The van der Waals surface area contributed by atoms with E-state index in [2.05, 4.69) is 64.3 Å². The van der Waals surface area contributed by atoms with Crippen molar-refractivity contribution < 1.29 is 0 Å². The molecule has 4 nitrogen and oxygen atoms in total. The summed E-state index contributed by atoms with van der Waals surface area (Å²) in [7, 11) is 0. The number of aromatic nitrogens is 3. The van der Waals surface area contributed by atoms with E-state index < -0.39 is 0 Å². The molecule has 152 valence electrons. The number of nitrogens with zero attached hydrogens (tertiary/aromatic N) is 3. The van der Waals surface area contributed by atoms with Crippen molar-refractivity contribution in [1.29, 1.82) is 0 Å². The van der Waals surface area contributed by atoms with Crippen LogP contribution in [0.5, 0.6) is 0 Å². The largest absolute Gasteiger partial charge is 0.357 e. The van der Waals surface area contributed by atoms with Gasteiger partial charge in [-0.1, -0.05) is 12.1 Å². The van der Waals surface area contributed by atoms with Crippen LogP contribution in [-0.2, 0) is 0 Å². The number of piperidine rings is 1. The SMILES string of the molecule is Cc1cc(-c2[nH]c3cc(-c4ccc(N5CCCCC5)nc4)ccc3c2C)cc(C)n1. The topological polar surface area (TPSA) is 44.8 Å². The number of hydrogen-bond donors (Lipinski definition) is 1. The lowest BCUT2D eigenvalue weighted by Gasteiger charge is -2.27. The van der Waals surface area contributed by atoms with E-state index in [-0.39, 0.29) is 0 Å². The Labute approximate surface area is 178 Å². The van der Waals surface area contributed by atoms with Gasteiger partial charge >= 0.3 is 0 Å². The molecule has 1 aromatic carbocycles. The summed E-state index contributed by atoms with van der Waals surface area (Å²) in [6, 6.07) is 15.3. The van der Waals surface area contributed by atoms with Crippen molar-refractivity contribution in [1.82, 2.24) is 15.0 Å². The number of anilines is 1. The van der Waals surface area contributed by atoms with Gasteiger partial charge < -0.3 is 9.88 Å². The molecule has 5 rings (SSSR count). The molecule has 0 unspecified atom stereocenters. The van der Waals surface area contributed by atoms with Gasteiger partial charge in [-0.15, -0.1) is 0 Å². The zero-order valence-corrected chi connectivity index (χ0v) is 18.0. The summed E-state index contributed by atoms with van der Waals surface area (Å²) >= 11 is 0. The summed E-state index contributed by atoms with van der Waals surface area (Å²) in [6.45, 7) is 8.53. The molecule has 0 amide bonds. The zero-order chi connectivity index (χ0) is 20.7. The van der Waals surface area contributed by atoms with Crippen molar-refractivity contribution in [3.63, 3.8) is 0 Å². The standard InChI is InChI=1S/C26H28N4/c1-17-13-22(14-18(2)28-17)26-19(3)23-9-7-20(15-24(23)29-26)21-8-10-25(27-16-21)30-11-5-4-6-12-30/h7-10,13-16,29H,4-6,11-12H2,1-3H3. The predicted octanol–water partition coefficient (Wildman–Crippen LogP) is 6.21. The second kappa shape index (κ2) is 7.60. The average Bonchev–Trinajstić information content (AvgIpc) is 3.10. The number of H-pyrrole nitrogens is 1. The first kappa shape index (κ1) is 18.9. The minimum atomic E-state index is 1.05. The van der Waals surface area contributed by atoms with Crippen LogP contribution in [0.15, 0.2) is 48.7 Å². The quantitative estimate of drug-likeness (QED) is 0.448. The molecular weight excluding hydrogens is 368 g/mol. The van der Waals surface area contributed by atoms with Crippen LogP contribution in [-0.4, -0.2) is 28.0 Å². The van der Waals surface area contributed by atoms with E-state index in [1.54, 1.807) is 0 Å². The monoisotopic (exact) mass is 396 g/mol. The van der Waals surface area contributed by atoms with Crippen molar-refractivity contribution in [2.24, 2.45) is 0 Å². The zero-order valence-electron chi connectivity index (χ0n) is 18.0. The summed E-state index contributed by atoms with van der Waals surface area (Å²) in [5.74, 6) is 1.10. The molecule has 0 saturated carbocycles. The summed E-state index contributed by atoms with van der Waals surface area (Å²) in [5.41, 5.74) is 9.24. The van der Waals surface area contributed by atoms with E-state index in [4.69, 9.17) is 4.98 Å². The highest BCUT2D eigenvalue weighted by atomic mass is 15.2. The first-order valence-electron chi connectivity index (χ1n) is 10.9. The van der Waals surface area contributed by atoms with Crippen molar-refractivity contribution in [3.05, 3.63) is 65.6 Å². The van der Waals surface area contributed by atoms with E-state index in [1.807, 2.05) is 20.0 Å². The smallest absolute Gasteiger partial charge is 0.128 e. The normalized spacial score (nSPS) is 14.4. The van der Waals surface area contributed by atoms with Gasteiger partial charge in [0.1, 0.15) is 5.82 Å². The average molecular weight is 397 g/mol. The molecule has 1 N–H and O–H groups in total. The van der Waals surface area contributed by atoms with E-state index in [0.29, 0.717) is 0 Å². The Morgan fingerprint density at radius 1 is 0.800 bits per heavy atom. The molecule has 0 bridgehead atoms. The number of pyridine rings is 2. The van der Waals surface area contributed by atoms with Crippen LogP contribution < -0.4 is 4.90 Å². The van der Waals surface area contributed by atoms with E-state index >= 15 is 0 Å². The minimum Gasteiger partial charge on any atom is -0.357 e. The molecule has 1 aliphatic heterocycles. The second-order valence-corrected chi connectivity index (χ2v) is 8.48. The Morgan fingerprint density at radius 3 is 2.23 bits per heavy atom. The predicted molar refractivity (Wildman–Crippen MR) is 125 cm³/mol. The molecule has 1 saturated heterocycles. The van der Waals surface area contributed by atoms with Crippen LogP contribution in [0.25, 0.3) is 33.3 Å². The summed E-state index contributed by atoms with van der Waals surface area (Å²) in [5, 5.41) is 1.26. The molecule has 4 aromatic rings. The van der Waals surface area contributed by atoms with Crippen LogP contribution in [0.2, 0.25) is 0 Å². The third kappa shape index (κ3) is 3.47. The highest BCUT2D eigenvalue weighted by Crippen LogP contribution is 2.33. The molecule has 1 fully saturated rings. The number of hydrogen-bond acceptors (Lipinski definition) is 3. The second-order valence-electron chi connectivity index (χ2n) is 8.48. The van der Waals surface area contributed by atoms with Gasteiger partial charge in [-0.25, -0.2) is 4.98 Å². The Bertz CT molecular complexity index is 1180. The van der Waals surface area contributed by atoms with Gasteiger partial charge in [0, 0.05) is 58.4 Å². The molecule has 30 heavy (non-hydrogen) atoms. The third-order valence-corrected chi connectivity index (χ3v) is 6.19. The van der Waals surface area contributed by atoms with E-state index in [1.165, 1.54) is 47.0 Å². The van der Waals surface area contributed by atoms with Crippen molar-refractivity contribution in [3.8, 4) is 22.4 Å². The fraction of sp³-hybridized carbons (Fsp3) is 0.308. The van der Waals surface area contributed by atoms with Crippen LogP contribution in [0.3, 0.4) is 0 Å². The Balaban J connectivity index is 1.49. The Morgan fingerprint density at radius 2 is 1.53 bits per heavy atom. The number of aromatic amines is 1. The van der Waals surface area contributed by atoms with Gasteiger partial charge in [0.2, 0.25) is 0 Å². The molecule has 0 aliphatic carbocycles. The highest BCUT2D eigenvalue weighted by molar-refractivity contribution is 5.93. The van der Waals surface area contributed by atoms with Gasteiger partial charge in [0.25, 0.3) is 0 Å². The first-order chi connectivity index (χ1) is 14.6. The van der Waals surface area contributed by atoms with Crippen LogP contribution in [0.1, 0.15) is 36.2 Å². The number of fused-ring (bicyclic) bond motifs is 1. The molecule has 3 aromatic heterocycles. The molecule has 0 spiro atoms. The maximum Gasteiger partial charge on any atom is 0.128 e. The Kier molecular flexibility index (Phi) is 4.78. The van der Waals surface area contributed by atoms with Gasteiger partial charge in [-0.05, 0) is 81.5 Å². The number of benzene rings is 1. The summed E-state index contributed by atoms with van der Waals surface area (Å²) in [6.07, 6.45) is 5.89.